The summed E-state index contributed by atoms with van der Waals surface area (Å²) in [5.74, 6) is 0.558. The molecule has 0 atom stereocenters. The first kappa shape index (κ1) is 28.6. The summed E-state index contributed by atoms with van der Waals surface area (Å²) in [7, 11) is -3.38. The Kier molecular flexibility index (Phi) is 11.8. The maximum absolute atomic E-state index is 12.4. The van der Waals surface area contributed by atoms with Crippen molar-refractivity contribution >= 4 is 27.6 Å². The Morgan fingerprint density at radius 3 is 2.12 bits per heavy atom. The van der Waals surface area contributed by atoms with Crippen LogP contribution >= 0.6 is 0 Å². The van der Waals surface area contributed by atoms with E-state index in [1.807, 2.05) is 0 Å². The standard InChI is InChI=1S/C24H35N5O3S.Na/c1-3-4-5-6-7-8-9-10-11-12-17-33(31,32)28-21-15-13-20(14-16-21)23-25-24-22(18-30)19(2)26-29(24)27-23;/h13-16,18,28,30H,3-12,17H2,1-2H3;/q;+1/p-1/b22-18-;. The van der Waals surface area contributed by atoms with Crippen molar-refractivity contribution in [2.75, 3.05) is 10.5 Å². The van der Waals surface area contributed by atoms with E-state index in [9.17, 15) is 13.5 Å². The molecule has 0 aliphatic carbocycles. The molecule has 0 bridgehead atoms. The topological polar surface area (TPSA) is 112 Å². The van der Waals surface area contributed by atoms with E-state index in [0.29, 0.717) is 40.1 Å². The number of aryl methyl sites for hydroxylation is 1. The molecule has 2 heterocycles. The summed E-state index contributed by atoms with van der Waals surface area (Å²) >= 11 is 0. The molecule has 0 amide bonds. The number of aromatic nitrogens is 4. The second-order valence-corrected chi connectivity index (χ2v) is 10.4. The van der Waals surface area contributed by atoms with Crippen LogP contribution in [0.4, 0.5) is 5.69 Å². The number of hydrogen-bond donors (Lipinski definition) is 1. The normalized spacial score (nSPS) is 12.2. The molecule has 0 saturated heterocycles. The third-order valence-corrected chi connectivity index (χ3v) is 7.14. The number of rotatable bonds is 14. The first-order chi connectivity index (χ1) is 15.9. The zero-order chi connectivity index (χ0) is 23.7. The van der Waals surface area contributed by atoms with Crippen molar-refractivity contribution in [3.63, 3.8) is 0 Å². The van der Waals surface area contributed by atoms with Crippen LogP contribution in [-0.4, -0.2) is 34.0 Å². The monoisotopic (exact) mass is 495 g/mol. The molecule has 3 rings (SSSR count). The number of hydrogen-bond acceptors (Lipinski definition) is 6. The van der Waals surface area contributed by atoms with Gasteiger partial charge in [-0.1, -0.05) is 64.7 Å². The van der Waals surface area contributed by atoms with E-state index in [0.717, 1.165) is 19.1 Å². The number of nitrogens with one attached hydrogen (secondary N) is 1. The van der Waals surface area contributed by atoms with Gasteiger partial charge in [0.2, 0.25) is 10.0 Å². The third-order valence-electron chi connectivity index (χ3n) is 5.77. The number of sulfonamides is 1. The predicted octanol–water partition coefficient (Wildman–Crippen LogP) is 0.584. The molecular weight excluding hydrogens is 461 g/mol. The molecule has 0 aliphatic heterocycles. The van der Waals surface area contributed by atoms with Gasteiger partial charge in [-0.3, -0.25) is 4.72 Å². The Bertz CT molecular complexity index is 1180. The minimum absolute atomic E-state index is 0. The van der Waals surface area contributed by atoms with Gasteiger partial charge in [0.15, 0.2) is 11.5 Å². The van der Waals surface area contributed by atoms with Gasteiger partial charge in [0, 0.05) is 16.5 Å². The number of unbranched alkanes of at least 4 members (excludes halogenated alkanes) is 9. The maximum Gasteiger partial charge on any atom is 1.00 e. The van der Waals surface area contributed by atoms with E-state index in [2.05, 4.69) is 26.8 Å². The van der Waals surface area contributed by atoms with E-state index in [-0.39, 0.29) is 35.3 Å². The SMILES string of the molecule is CCCCCCCCCCCCS(=O)(=O)Nc1ccc(-c2nc3/c(=C\[O-])c(C)nn3n2)cc1.[Na+]. The molecule has 1 aromatic carbocycles. The van der Waals surface area contributed by atoms with E-state index >= 15 is 0 Å². The Hall–Kier alpha value is -1.68. The first-order valence-electron chi connectivity index (χ1n) is 11.9. The van der Waals surface area contributed by atoms with E-state index in [1.165, 1.54) is 49.6 Å². The van der Waals surface area contributed by atoms with Crippen molar-refractivity contribution in [1.82, 2.24) is 19.8 Å². The molecule has 8 nitrogen and oxygen atoms in total. The van der Waals surface area contributed by atoms with Crippen molar-refractivity contribution < 1.29 is 43.1 Å². The summed E-state index contributed by atoms with van der Waals surface area (Å²) in [4.78, 5) is 4.39. The fraction of sp³-hybridized carbons (Fsp3) is 0.542. The molecule has 0 radical (unpaired) electrons. The zero-order valence-electron chi connectivity index (χ0n) is 20.6. The summed E-state index contributed by atoms with van der Waals surface area (Å²) in [5, 5.41) is 20.1. The van der Waals surface area contributed by atoms with E-state index in [1.54, 1.807) is 31.2 Å². The minimum Gasteiger partial charge on any atom is -0.877 e. The summed E-state index contributed by atoms with van der Waals surface area (Å²) in [6.07, 6.45) is 12.4. The van der Waals surface area contributed by atoms with Gasteiger partial charge in [-0.25, -0.2) is 13.4 Å². The van der Waals surface area contributed by atoms with E-state index in [4.69, 9.17) is 0 Å². The van der Waals surface area contributed by atoms with Gasteiger partial charge in [-0.2, -0.15) is 5.10 Å². The van der Waals surface area contributed by atoms with Crippen LogP contribution < -0.4 is 44.6 Å². The van der Waals surface area contributed by atoms with Crippen LogP contribution in [0, 0.1) is 6.92 Å². The molecule has 1 N–H and O–H groups in total. The molecule has 10 heteroatoms. The fourth-order valence-electron chi connectivity index (χ4n) is 3.86. The van der Waals surface area contributed by atoms with Crippen LogP contribution in [0.1, 0.15) is 76.8 Å². The summed E-state index contributed by atoms with van der Waals surface area (Å²) in [5.41, 5.74) is 2.22. The minimum atomic E-state index is -3.38. The average Bonchev–Trinajstić information content (AvgIpc) is 3.31. The molecule has 2 aromatic heterocycles. The van der Waals surface area contributed by atoms with Gasteiger partial charge in [0.25, 0.3) is 0 Å². The van der Waals surface area contributed by atoms with Crippen LogP contribution in [0.3, 0.4) is 0 Å². The van der Waals surface area contributed by atoms with Gasteiger partial charge < -0.3 is 5.11 Å². The molecule has 3 aromatic rings. The Morgan fingerprint density at radius 1 is 0.941 bits per heavy atom. The van der Waals surface area contributed by atoms with Crippen molar-refractivity contribution in [2.45, 2.75) is 78.1 Å². The molecular formula is C24H34N5NaO3S. The smallest absolute Gasteiger partial charge is 0.877 e. The van der Waals surface area contributed by atoms with Crippen LogP contribution in [0.15, 0.2) is 24.3 Å². The average molecular weight is 496 g/mol. The Balaban J connectivity index is 0.00000408. The summed E-state index contributed by atoms with van der Waals surface area (Å²) in [6, 6.07) is 6.88. The second-order valence-electron chi connectivity index (χ2n) is 8.55. The zero-order valence-corrected chi connectivity index (χ0v) is 23.4. The number of benzene rings is 1. The quantitative estimate of drug-likeness (QED) is 0.259. The van der Waals surface area contributed by atoms with Crippen molar-refractivity contribution in [2.24, 2.45) is 0 Å². The van der Waals surface area contributed by atoms with Crippen molar-refractivity contribution in [3.05, 3.63) is 35.2 Å². The maximum atomic E-state index is 12.4. The summed E-state index contributed by atoms with van der Waals surface area (Å²) in [6.45, 7) is 3.96. The predicted molar refractivity (Wildman–Crippen MR) is 130 cm³/mol. The van der Waals surface area contributed by atoms with Crippen LogP contribution in [-0.2, 0) is 10.0 Å². The summed E-state index contributed by atoms with van der Waals surface area (Å²) < 4.78 is 28.8. The molecule has 0 unspecified atom stereocenters. The van der Waals surface area contributed by atoms with Crippen LogP contribution in [0.5, 0.6) is 0 Å². The first-order valence-corrected chi connectivity index (χ1v) is 13.5. The van der Waals surface area contributed by atoms with Gasteiger partial charge in [0.1, 0.15) is 0 Å². The van der Waals surface area contributed by atoms with Gasteiger partial charge in [-0.05, 0) is 37.6 Å². The van der Waals surface area contributed by atoms with Crippen molar-refractivity contribution in [1.29, 1.82) is 0 Å². The van der Waals surface area contributed by atoms with Crippen molar-refractivity contribution in [3.8, 4) is 11.4 Å². The Morgan fingerprint density at radius 2 is 1.53 bits per heavy atom. The molecule has 180 valence electrons. The number of anilines is 1. The third kappa shape index (κ3) is 8.22. The molecule has 34 heavy (non-hydrogen) atoms. The number of nitrogens with zero attached hydrogens (tertiary/aromatic N) is 4. The molecule has 0 saturated carbocycles. The van der Waals surface area contributed by atoms with Crippen LogP contribution in [0.2, 0.25) is 0 Å². The fourth-order valence-corrected chi connectivity index (χ4v) is 5.04. The van der Waals surface area contributed by atoms with Gasteiger partial charge in [-0.15, -0.1) is 16.0 Å². The molecule has 0 spiro atoms. The molecule has 0 aliphatic rings. The van der Waals surface area contributed by atoms with Gasteiger partial charge in [0.05, 0.1) is 11.4 Å². The number of fused-ring (bicyclic) bond motifs is 1. The Labute approximate surface area is 224 Å². The molecule has 0 fully saturated rings. The van der Waals surface area contributed by atoms with Gasteiger partial charge >= 0.3 is 29.6 Å². The van der Waals surface area contributed by atoms with Crippen LogP contribution in [0.25, 0.3) is 23.3 Å². The largest absolute Gasteiger partial charge is 1.00 e. The second kappa shape index (κ2) is 14.0. The van der Waals surface area contributed by atoms with E-state index < -0.39 is 10.0 Å².